The molecule has 0 aromatic heterocycles. The van der Waals surface area contributed by atoms with Crippen LogP contribution in [0.15, 0.2) is 0 Å². The predicted molar refractivity (Wildman–Crippen MR) is 54.4 cm³/mol. The van der Waals surface area contributed by atoms with Gasteiger partial charge in [-0.2, -0.15) is 5.26 Å². The maximum Gasteiger partial charge on any atom is 0.224 e. The molecule has 1 saturated heterocycles. The Morgan fingerprint density at radius 1 is 1.57 bits per heavy atom. The van der Waals surface area contributed by atoms with Crippen molar-refractivity contribution in [3.8, 4) is 6.07 Å². The van der Waals surface area contributed by atoms with Gasteiger partial charge in [0.2, 0.25) is 5.91 Å². The van der Waals surface area contributed by atoms with Crippen LogP contribution in [0.2, 0.25) is 0 Å². The largest absolute Gasteiger partial charge is 0.327 e. The smallest absolute Gasteiger partial charge is 0.224 e. The lowest BCUT2D eigenvalue weighted by molar-refractivity contribution is -0.133. The Balaban J connectivity index is 2.57. The van der Waals surface area contributed by atoms with Gasteiger partial charge in [-0.15, -0.1) is 0 Å². The molecule has 0 aliphatic carbocycles. The van der Waals surface area contributed by atoms with Gasteiger partial charge in [-0.1, -0.05) is 20.8 Å². The second-order valence-corrected chi connectivity index (χ2v) is 5.11. The Hall–Kier alpha value is -1.04. The molecule has 0 N–H and O–H groups in total. The van der Waals surface area contributed by atoms with Crippen LogP contribution in [0.3, 0.4) is 0 Å². The topological polar surface area (TPSA) is 44.1 Å². The molecule has 0 spiro atoms. The zero-order chi connectivity index (χ0) is 10.8. The maximum atomic E-state index is 11.8. The van der Waals surface area contributed by atoms with Crippen molar-refractivity contribution in [1.82, 2.24) is 4.90 Å². The highest BCUT2D eigenvalue weighted by atomic mass is 16.2. The van der Waals surface area contributed by atoms with Gasteiger partial charge in [0.1, 0.15) is 6.04 Å². The molecule has 0 radical (unpaired) electrons. The molecule has 1 amide bonds. The van der Waals surface area contributed by atoms with E-state index in [4.69, 9.17) is 5.26 Å². The van der Waals surface area contributed by atoms with Gasteiger partial charge in [-0.25, -0.2) is 0 Å². The lowest BCUT2D eigenvalue weighted by atomic mass is 9.91. The predicted octanol–water partition coefficient (Wildman–Crippen LogP) is 1.94. The van der Waals surface area contributed by atoms with Gasteiger partial charge in [0.05, 0.1) is 6.07 Å². The summed E-state index contributed by atoms with van der Waals surface area (Å²) in [4.78, 5) is 13.5. The average Bonchev–Trinajstić information content (AvgIpc) is 2.47. The molecular formula is C11H18N2O. The van der Waals surface area contributed by atoms with Crippen LogP contribution in [0.4, 0.5) is 0 Å². The number of likely N-dealkylation sites (tertiary alicyclic amines) is 1. The van der Waals surface area contributed by atoms with Crippen LogP contribution in [-0.2, 0) is 4.79 Å². The summed E-state index contributed by atoms with van der Waals surface area (Å²) in [6.45, 7) is 6.89. The van der Waals surface area contributed by atoms with E-state index in [2.05, 4.69) is 6.07 Å². The van der Waals surface area contributed by atoms with Gasteiger partial charge in [-0.05, 0) is 18.3 Å². The van der Waals surface area contributed by atoms with E-state index in [-0.39, 0.29) is 17.4 Å². The Morgan fingerprint density at radius 2 is 2.21 bits per heavy atom. The molecule has 1 atom stereocenters. The second kappa shape index (κ2) is 4.00. The van der Waals surface area contributed by atoms with Gasteiger partial charge in [0.15, 0.2) is 0 Å². The number of nitriles is 1. The molecule has 1 fully saturated rings. The first-order valence-electron chi connectivity index (χ1n) is 5.13. The molecule has 0 aromatic carbocycles. The molecular weight excluding hydrogens is 176 g/mol. The van der Waals surface area contributed by atoms with E-state index in [9.17, 15) is 4.79 Å². The summed E-state index contributed by atoms with van der Waals surface area (Å²) in [6.07, 6.45) is 2.34. The van der Waals surface area contributed by atoms with Crippen molar-refractivity contribution in [3.05, 3.63) is 0 Å². The van der Waals surface area contributed by atoms with Crippen molar-refractivity contribution in [2.75, 3.05) is 6.54 Å². The Bertz CT molecular complexity index is 259. The van der Waals surface area contributed by atoms with Crippen LogP contribution >= 0.6 is 0 Å². The first-order chi connectivity index (χ1) is 6.44. The third-order valence-electron chi connectivity index (χ3n) is 2.40. The minimum atomic E-state index is -0.176. The molecule has 0 saturated carbocycles. The summed E-state index contributed by atoms with van der Waals surface area (Å²) in [6, 6.07) is 2.01. The number of amides is 1. The molecule has 1 heterocycles. The lowest BCUT2D eigenvalue weighted by Gasteiger charge is -2.24. The number of hydrogen-bond acceptors (Lipinski definition) is 2. The molecule has 3 nitrogen and oxygen atoms in total. The molecule has 1 unspecified atom stereocenters. The zero-order valence-electron chi connectivity index (χ0n) is 9.21. The standard InChI is InChI=1S/C11H18N2O/c1-11(2,3)7-10(14)13-6-4-5-9(13)8-12/h9H,4-7H2,1-3H3. The minimum absolute atomic E-state index is 0.0136. The summed E-state index contributed by atoms with van der Waals surface area (Å²) in [5, 5.41) is 8.84. The third kappa shape index (κ3) is 2.73. The lowest BCUT2D eigenvalue weighted by Crippen LogP contribution is -2.36. The molecule has 3 heteroatoms. The first kappa shape index (κ1) is 11.0. The maximum absolute atomic E-state index is 11.8. The molecule has 1 aliphatic rings. The van der Waals surface area contributed by atoms with Crippen LogP contribution in [-0.4, -0.2) is 23.4 Å². The highest BCUT2D eigenvalue weighted by Crippen LogP contribution is 2.24. The van der Waals surface area contributed by atoms with Gasteiger partial charge in [-0.3, -0.25) is 4.79 Å². The number of hydrogen-bond donors (Lipinski definition) is 0. The molecule has 1 rings (SSSR count). The van der Waals surface area contributed by atoms with Crippen molar-refractivity contribution in [1.29, 1.82) is 5.26 Å². The monoisotopic (exact) mass is 194 g/mol. The molecule has 0 aromatic rings. The van der Waals surface area contributed by atoms with Gasteiger partial charge in [0.25, 0.3) is 0 Å². The fourth-order valence-electron chi connectivity index (χ4n) is 1.75. The van der Waals surface area contributed by atoms with Crippen LogP contribution in [0.25, 0.3) is 0 Å². The number of rotatable bonds is 1. The van der Waals surface area contributed by atoms with Crippen LogP contribution < -0.4 is 0 Å². The van der Waals surface area contributed by atoms with Gasteiger partial charge >= 0.3 is 0 Å². The Labute approximate surface area is 85.7 Å². The summed E-state index contributed by atoms with van der Waals surface area (Å²) >= 11 is 0. The van der Waals surface area contributed by atoms with E-state index in [1.165, 1.54) is 0 Å². The Kier molecular flexibility index (Phi) is 3.15. The first-order valence-corrected chi connectivity index (χ1v) is 5.13. The van der Waals surface area contributed by atoms with Gasteiger partial charge in [0, 0.05) is 13.0 Å². The van der Waals surface area contributed by atoms with Crippen molar-refractivity contribution in [3.63, 3.8) is 0 Å². The fourth-order valence-corrected chi connectivity index (χ4v) is 1.75. The van der Waals surface area contributed by atoms with Crippen molar-refractivity contribution < 1.29 is 4.79 Å². The van der Waals surface area contributed by atoms with Gasteiger partial charge < -0.3 is 4.90 Å². The van der Waals surface area contributed by atoms with E-state index in [0.29, 0.717) is 6.42 Å². The van der Waals surface area contributed by atoms with Crippen molar-refractivity contribution in [2.24, 2.45) is 5.41 Å². The van der Waals surface area contributed by atoms with Crippen LogP contribution in [0.1, 0.15) is 40.0 Å². The summed E-state index contributed by atoms with van der Waals surface area (Å²) in [5.74, 6) is 0.126. The minimum Gasteiger partial charge on any atom is -0.327 e. The second-order valence-electron chi connectivity index (χ2n) is 5.11. The highest BCUT2D eigenvalue weighted by molar-refractivity contribution is 5.77. The van der Waals surface area contributed by atoms with E-state index in [0.717, 1.165) is 19.4 Å². The van der Waals surface area contributed by atoms with Crippen molar-refractivity contribution in [2.45, 2.75) is 46.1 Å². The zero-order valence-corrected chi connectivity index (χ0v) is 9.21. The number of carbonyl (C=O) groups excluding carboxylic acids is 1. The van der Waals surface area contributed by atoms with Crippen LogP contribution in [0, 0.1) is 16.7 Å². The molecule has 14 heavy (non-hydrogen) atoms. The quantitative estimate of drug-likeness (QED) is 0.640. The molecule has 78 valence electrons. The van der Waals surface area contributed by atoms with E-state index >= 15 is 0 Å². The van der Waals surface area contributed by atoms with E-state index in [1.807, 2.05) is 20.8 Å². The van der Waals surface area contributed by atoms with E-state index < -0.39 is 0 Å². The summed E-state index contributed by atoms with van der Waals surface area (Å²) in [5.41, 5.74) is 0.0136. The summed E-state index contributed by atoms with van der Waals surface area (Å²) < 4.78 is 0. The highest BCUT2D eigenvalue weighted by Gasteiger charge is 2.30. The average molecular weight is 194 g/mol. The number of nitrogens with zero attached hydrogens (tertiary/aromatic N) is 2. The third-order valence-corrected chi connectivity index (χ3v) is 2.40. The number of carbonyl (C=O) groups is 1. The van der Waals surface area contributed by atoms with E-state index in [1.54, 1.807) is 4.90 Å². The SMILES string of the molecule is CC(C)(C)CC(=O)N1CCCC1C#N. The van der Waals surface area contributed by atoms with Crippen LogP contribution in [0.5, 0.6) is 0 Å². The molecule has 0 bridgehead atoms. The summed E-state index contributed by atoms with van der Waals surface area (Å²) in [7, 11) is 0. The Morgan fingerprint density at radius 3 is 2.71 bits per heavy atom. The molecule has 1 aliphatic heterocycles. The normalized spacial score (nSPS) is 22.1. The van der Waals surface area contributed by atoms with Crippen molar-refractivity contribution >= 4 is 5.91 Å². The fraction of sp³-hybridized carbons (Fsp3) is 0.818.